The van der Waals surface area contributed by atoms with E-state index in [1.807, 2.05) is 13.0 Å². The molecule has 1 saturated heterocycles. The molecule has 0 amide bonds. The molecule has 0 spiro atoms. The van der Waals surface area contributed by atoms with Gasteiger partial charge < -0.3 is 0 Å². The molecular weight excluding hydrogens is 238 g/mol. The van der Waals surface area contributed by atoms with Crippen molar-refractivity contribution in [1.82, 2.24) is 5.06 Å². The number of benzene rings is 1. The average molecular weight is 255 g/mol. The summed E-state index contributed by atoms with van der Waals surface area (Å²) in [4.78, 5) is 0.240. The molecule has 0 radical (unpaired) electrons. The Labute approximate surface area is 102 Å². The summed E-state index contributed by atoms with van der Waals surface area (Å²) in [6.45, 7) is 3.37. The zero-order chi connectivity index (χ0) is 12.3. The SMILES string of the molecule is CCc1cccc(S(=O)(=O)ON2CCCC2)c1. The molecular formula is C12H17NO3S. The Morgan fingerprint density at radius 3 is 2.65 bits per heavy atom. The van der Waals surface area contributed by atoms with Crippen molar-refractivity contribution < 1.29 is 12.7 Å². The predicted molar refractivity (Wildman–Crippen MR) is 64.9 cm³/mol. The minimum Gasteiger partial charge on any atom is -0.192 e. The smallest absolute Gasteiger partial charge is 0.192 e. The highest BCUT2D eigenvalue weighted by atomic mass is 32.2. The van der Waals surface area contributed by atoms with Crippen molar-refractivity contribution in [2.75, 3.05) is 13.1 Å². The van der Waals surface area contributed by atoms with Gasteiger partial charge in [-0.1, -0.05) is 19.1 Å². The van der Waals surface area contributed by atoms with Crippen LogP contribution in [0.4, 0.5) is 0 Å². The Morgan fingerprint density at radius 1 is 1.29 bits per heavy atom. The zero-order valence-corrected chi connectivity index (χ0v) is 10.7. The molecule has 2 rings (SSSR count). The van der Waals surface area contributed by atoms with Crippen LogP contribution in [-0.4, -0.2) is 26.6 Å². The lowest BCUT2D eigenvalue weighted by molar-refractivity contribution is -0.0270. The molecule has 1 fully saturated rings. The molecule has 0 atom stereocenters. The van der Waals surface area contributed by atoms with Crippen LogP contribution in [0.2, 0.25) is 0 Å². The van der Waals surface area contributed by atoms with Crippen molar-refractivity contribution in [2.24, 2.45) is 0 Å². The van der Waals surface area contributed by atoms with Crippen molar-refractivity contribution in [3.05, 3.63) is 29.8 Å². The van der Waals surface area contributed by atoms with Crippen LogP contribution in [0.3, 0.4) is 0 Å². The number of hydroxylamine groups is 2. The Hall–Kier alpha value is -0.910. The lowest BCUT2D eigenvalue weighted by Gasteiger charge is -2.14. The van der Waals surface area contributed by atoms with Gasteiger partial charge >= 0.3 is 10.1 Å². The van der Waals surface area contributed by atoms with E-state index in [0.29, 0.717) is 13.1 Å². The van der Waals surface area contributed by atoms with Crippen LogP contribution in [-0.2, 0) is 20.8 Å². The molecule has 1 heterocycles. The van der Waals surface area contributed by atoms with E-state index in [-0.39, 0.29) is 4.90 Å². The normalized spacial score (nSPS) is 17.5. The zero-order valence-electron chi connectivity index (χ0n) is 9.93. The molecule has 0 unspecified atom stereocenters. The third-order valence-corrected chi connectivity index (χ3v) is 4.10. The maximum atomic E-state index is 12.0. The summed E-state index contributed by atoms with van der Waals surface area (Å²) in [5.41, 5.74) is 0.996. The summed E-state index contributed by atoms with van der Waals surface area (Å²) < 4.78 is 29.1. The minimum absolute atomic E-state index is 0.240. The van der Waals surface area contributed by atoms with Crippen molar-refractivity contribution in [1.29, 1.82) is 0 Å². The van der Waals surface area contributed by atoms with E-state index in [2.05, 4.69) is 0 Å². The third-order valence-electron chi connectivity index (χ3n) is 2.86. The van der Waals surface area contributed by atoms with E-state index in [1.54, 1.807) is 18.2 Å². The Balaban J connectivity index is 2.18. The number of aryl methyl sites for hydroxylation is 1. The summed E-state index contributed by atoms with van der Waals surface area (Å²) in [6.07, 6.45) is 2.79. The van der Waals surface area contributed by atoms with E-state index in [4.69, 9.17) is 4.28 Å². The predicted octanol–water partition coefficient (Wildman–Crippen LogP) is 1.97. The van der Waals surface area contributed by atoms with Gasteiger partial charge in [-0.15, -0.1) is 0 Å². The molecule has 0 N–H and O–H groups in total. The first-order chi connectivity index (χ1) is 8.12. The van der Waals surface area contributed by atoms with Crippen LogP contribution < -0.4 is 0 Å². The summed E-state index contributed by atoms with van der Waals surface area (Å²) >= 11 is 0. The second-order valence-electron chi connectivity index (χ2n) is 4.17. The van der Waals surface area contributed by atoms with Crippen LogP contribution in [0.15, 0.2) is 29.2 Å². The summed E-state index contributed by atoms with van der Waals surface area (Å²) in [5, 5.41) is 1.52. The van der Waals surface area contributed by atoms with Gasteiger partial charge in [-0.05, 0) is 37.0 Å². The minimum atomic E-state index is -3.65. The first kappa shape index (κ1) is 12.5. The summed E-state index contributed by atoms with van der Waals surface area (Å²) in [5.74, 6) is 0. The van der Waals surface area contributed by atoms with E-state index < -0.39 is 10.1 Å². The Morgan fingerprint density at radius 2 is 2.00 bits per heavy atom. The maximum Gasteiger partial charge on any atom is 0.313 e. The van der Waals surface area contributed by atoms with Crippen LogP contribution in [0.1, 0.15) is 25.3 Å². The highest BCUT2D eigenvalue weighted by Crippen LogP contribution is 2.18. The van der Waals surface area contributed by atoms with Crippen molar-refractivity contribution in [3.8, 4) is 0 Å². The summed E-state index contributed by atoms with van der Waals surface area (Å²) in [7, 11) is -3.65. The highest BCUT2D eigenvalue weighted by Gasteiger charge is 2.22. The van der Waals surface area contributed by atoms with Gasteiger partial charge in [0.25, 0.3) is 0 Å². The molecule has 5 heteroatoms. The maximum absolute atomic E-state index is 12.0. The fourth-order valence-corrected chi connectivity index (χ4v) is 2.92. The molecule has 1 aromatic rings. The number of hydrogen-bond donors (Lipinski definition) is 0. The lowest BCUT2D eigenvalue weighted by Crippen LogP contribution is -2.24. The molecule has 17 heavy (non-hydrogen) atoms. The first-order valence-electron chi connectivity index (χ1n) is 5.90. The molecule has 1 aliphatic heterocycles. The molecule has 0 aliphatic carbocycles. The standard InChI is InChI=1S/C12H17NO3S/c1-2-11-6-5-7-12(10-11)17(14,15)16-13-8-3-4-9-13/h5-7,10H,2-4,8-9H2,1H3. The number of rotatable bonds is 4. The van der Waals surface area contributed by atoms with E-state index in [9.17, 15) is 8.42 Å². The van der Waals surface area contributed by atoms with Crippen molar-refractivity contribution >= 4 is 10.1 Å². The number of nitrogens with zero attached hydrogens (tertiary/aromatic N) is 1. The average Bonchev–Trinajstić information content (AvgIpc) is 2.81. The molecule has 0 aromatic heterocycles. The monoisotopic (exact) mass is 255 g/mol. The van der Waals surface area contributed by atoms with Crippen LogP contribution in [0.5, 0.6) is 0 Å². The van der Waals surface area contributed by atoms with Crippen LogP contribution in [0.25, 0.3) is 0 Å². The second kappa shape index (κ2) is 5.16. The van der Waals surface area contributed by atoms with E-state index in [0.717, 1.165) is 24.8 Å². The van der Waals surface area contributed by atoms with Gasteiger partial charge in [-0.3, -0.25) is 0 Å². The van der Waals surface area contributed by atoms with Gasteiger partial charge in [0.1, 0.15) is 0 Å². The van der Waals surface area contributed by atoms with Crippen LogP contribution >= 0.6 is 0 Å². The van der Waals surface area contributed by atoms with Gasteiger partial charge in [0.2, 0.25) is 0 Å². The van der Waals surface area contributed by atoms with Gasteiger partial charge in [0, 0.05) is 13.1 Å². The van der Waals surface area contributed by atoms with Crippen molar-refractivity contribution in [2.45, 2.75) is 31.1 Å². The van der Waals surface area contributed by atoms with Crippen molar-refractivity contribution in [3.63, 3.8) is 0 Å². The Kier molecular flexibility index (Phi) is 3.81. The lowest BCUT2D eigenvalue weighted by atomic mass is 10.2. The highest BCUT2D eigenvalue weighted by molar-refractivity contribution is 7.86. The molecule has 0 bridgehead atoms. The fourth-order valence-electron chi connectivity index (χ4n) is 1.87. The van der Waals surface area contributed by atoms with Gasteiger partial charge in [0.15, 0.2) is 0 Å². The molecule has 1 aromatic carbocycles. The summed E-state index contributed by atoms with van der Waals surface area (Å²) in [6, 6.07) is 6.91. The third kappa shape index (κ3) is 3.06. The van der Waals surface area contributed by atoms with E-state index in [1.165, 1.54) is 5.06 Å². The van der Waals surface area contributed by atoms with Gasteiger partial charge in [0.05, 0.1) is 4.90 Å². The molecule has 1 aliphatic rings. The van der Waals surface area contributed by atoms with Gasteiger partial charge in [-0.25, -0.2) is 0 Å². The largest absolute Gasteiger partial charge is 0.313 e. The Bertz CT molecular complexity index is 478. The molecule has 0 saturated carbocycles. The van der Waals surface area contributed by atoms with Gasteiger partial charge in [-0.2, -0.15) is 17.8 Å². The quantitative estimate of drug-likeness (QED) is 0.825. The van der Waals surface area contributed by atoms with E-state index >= 15 is 0 Å². The molecule has 4 nitrogen and oxygen atoms in total. The fraction of sp³-hybridized carbons (Fsp3) is 0.500. The second-order valence-corrected chi connectivity index (χ2v) is 5.69. The number of hydrogen-bond acceptors (Lipinski definition) is 4. The molecule has 94 valence electrons. The van der Waals surface area contributed by atoms with Crippen LogP contribution in [0, 0.1) is 0 Å². The first-order valence-corrected chi connectivity index (χ1v) is 7.31. The topological polar surface area (TPSA) is 46.6 Å².